The molecule has 0 bridgehead atoms. The molecule has 0 aliphatic heterocycles. The highest BCUT2D eigenvalue weighted by Gasteiger charge is 2.09. The van der Waals surface area contributed by atoms with Gasteiger partial charge in [0.25, 0.3) is 0 Å². The lowest BCUT2D eigenvalue weighted by molar-refractivity contribution is 0.619. The van der Waals surface area contributed by atoms with Crippen LogP contribution in [0.3, 0.4) is 0 Å². The molecule has 4 heteroatoms. The summed E-state index contributed by atoms with van der Waals surface area (Å²) in [4.78, 5) is 9.24. The largest absolute Gasteiger partial charge is 0.436 e. The normalized spacial score (nSPS) is 11.7. The molecule has 2 heterocycles. The molecule has 0 spiro atoms. The fourth-order valence-electron chi connectivity index (χ4n) is 3.99. The summed E-state index contributed by atoms with van der Waals surface area (Å²) in [5.41, 5.74) is 9.86. The van der Waals surface area contributed by atoms with Crippen LogP contribution < -0.4 is 0 Å². The molecule has 0 N–H and O–H groups in total. The van der Waals surface area contributed by atoms with Crippen molar-refractivity contribution in [2.75, 3.05) is 0 Å². The first-order valence-electron chi connectivity index (χ1n) is 11.2. The lowest BCUT2D eigenvalue weighted by Gasteiger charge is -1.99. The molecule has 4 aromatic carbocycles. The summed E-state index contributed by atoms with van der Waals surface area (Å²) in [6, 6.07) is 28.5. The smallest absolute Gasteiger partial charge is 0.227 e. The van der Waals surface area contributed by atoms with Gasteiger partial charge in [-0.1, -0.05) is 48.6 Å². The molecular formula is C30H22N2O2. The zero-order valence-electron chi connectivity index (χ0n) is 18.9. The number of nitrogens with zero attached hydrogens (tertiary/aromatic N) is 2. The molecular weight excluding hydrogens is 420 g/mol. The highest BCUT2D eigenvalue weighted by molar-refractivity contribution is 5.79. The Balaban J connectivity index is 1.18. The number of fused-ring (bicyclic) bond motifs is 2. The van der Waals surface area contributed by atoms with Crippen LogP contribution in [-0.4, -0.2) is 9.97 Å². The molecule has 0 radical (unpaired) electrons. The van der Waals surface area contributed by atoms with E-state index in [0.29, 0.717) is 11.8 Å². The zero-order valence-corrected chi connectivity index (χ0v) is 18.9. The minimum Gasteiger partial charge on any atom is -0.436 e. The maximum absolute atomic E-state index is 5.91. The molecule has 34 heavy (non-hydrogen) atoms. The Labute approximate surface area is 197 Å². The van der Waals surface area contributed by atoms with Crippen molar-refractivity contribution >= 4 is 34.4 Å². The third-order valence-electron chi connectivity index (χ3n) is 5.87. The Hall–Kier alpha value is -4.44. The summed E-state index contributed by atoms with van der Waals surface area (Å²) in [6.07, 6.45) is 4.19. The molecule has 0 amide bonds. The average molecular weight is 443 g/mol. The number of aromatic nitrogens is 2. The van der Waals surface area contributed by atoms with E-state index >= 15 is 0 Å². The van der Waals surface area contributed by atoms with E-state index < -0.39 is 0 Å². The van der Waals surface area contributed by atoms with E-state index in [1.54, 1.807) is 0 Å². The maximum atomic E-state index is 5.91. The van der Waals surface area contributed by atoms with Gasteiger partial charge in [0.15, 0.2) is 11.2 Å². The van der Waals surface area contributed by atoms with Crippen molar-refractivity contribution in [2.24, 2.45) is 0 Å². The monoisotopic (exact) mass is 442 g/mol. The predicted molar refractivity (Wildman–Crippen MR) is 137 cm³/mol. The van der Waals surface area contributed by atoms with Crippen molar-refractivity contribution in [1.29, 1.82) is 0 Å². The van der Waals surface area contributed by atoms with Gasteiger partial charge in [0.2, 0.25) is 11.8 Å². The van der Waals surface area contributed by atoms with Gasteiger partial charge in [-0.05, 0) is 84.6 Å². The Morgan fingerprint density at radius 3 is 1.35 bits per heavy atom. The van der Waals surface area contributed by atoms with Crippen LogP contribution in [0.2, 0.25) is 0 Å². The van der Waals surface area contributed by atoms with Gasteiger partial charge in [0.05, 0.1) is 0 Å². The molecule has 0 aliphatic carbocycles. The lowest BCUT2D eigenvalue weighted by Crippen LogP contribution is -1.80. The van der Waals surface area contributed by atoms with Crippen LogP contribution in [0.5, 0.6) is 0 Å². The standard InChI is InChI=1S/C30H22N2O2/c1-19-3-15-27-25(17-19)31-29(33-27)23-11-7-21(8-12-23)5-6-22-9-13-24(14-10-22)30-32-26-18-20(2)4-16-28(26)34-30/h3-18H,1-2H3. The predicted octanol–water partition coefficient (Wildman–Crippen LogP) is 8.09. The van der Waals surface area contributed by atoms with Crippen molar-refractivity contribution in [3.05, 3.63) is 107 Å². The van der Waals surface area contributed by atoms with Gasteiger partial charge in [0, 0.05) is 11.1 Å². The highest BCUT2D eigenvalue weighted by atomic mass is 16.4. The molecule has 0 atom stereocenters. The lowest BCUT2D eigenvalue weighted by atomic mass is 10.1. The Morgan fingerprint density at radius 1 is 0.529 bits per heavy atom. The molecule has 164 valence electrons. The highest BCUT2D eigenvalue weighted by Crippen LogP contribution is 2.27. The third kappa shape index (κ3) is 3.90. The summed E-state index contributed by atoms with van der Waals surface area (Å²) in [5, 5.41) is 0. The third-order valence-corrected chi connectivity index (χ3v) is 5.87. The van der Waals surface area contributed by atoms with Gasteiger partial charge < -0.3 is 8.83 Å². The van der Waals surface area contributed by atoms with Crippen LogP contribution in [0.25, 0.3) is 57.3 Å². The first-order chi connectivity index (χ1) is 16.6. The van der Waals surface area contributed by atoms with Crippen molar-refractivity contribution in [2.45, 2.75) is 13.8 Å². The van der Waals surface area contributed by atoms with Gasteiger partial charge >= 0.3 is 0 Å². The van der Waals surface area contributed by atoms with Crippen LogP contribution >= 0.6 is 0 Å². The number of rotatable bonds is 4. The van der Waals surface area contributed by atoms with Gasteiger partial charge in [-0.3, -0.25) is 0 Å². The second kappa shape index (κ2) is 8.16. The molecule has 0 aliphatic rings. The van der Waals surface area contributed by atoms with Gasteiger partial charge in [0.1, 0.15) is 11.0 Å². The fourth-order valence-corrected chi connectivity index (χ4v) is 3.99. The van der Waals surface area contributed by atoms with Crippen molar-refractivity contribution < 1.29 is 8.83 Å². The molecule has 4 nitrogen and oxygen atoms in total. The molecule has 0 saturated carbocycles. The van der Waals surface area contributed by atoms with Crippen LogP contribution in [0, 0.1) is 13.8 Å². The van der Waals surface area contributed by atoms with Gasteiger partial charge in [-0.15, -0.1) is 0 Å². The van der Waals surface area contributed by atoms with Crippen LogP contribution in [0.1, 0.15) is 22.3 Å². The van der Waals surface area contributed by atoms with E-state index in [0.717, 1.165) is 44.5 Å². The molecule has 6 aromatic rings. The summed E-state index contributed by atoms with van der Waals surface area (Å²) in [5.74, 6) is 1.28. The Kier molecular flexibility index (Phi) is 4.84. The average Bonchev–Trinajstić information content (AvgIpc) is 3.47. The fraction of sp³-hybridized carbons (Fsp3) is 0.0667. The molecule has 0 fully saturated rings. The first kappa shape index (κ1) is 20.2. The van der Waals surface area contributed by atoms with E-state index in [4.69, 9.17) is 8.83 Å². The molecule has 0 unspecified atom stereocenters. The second-order valence-corrected chi connectivity index (χ2v) is 8.56. The van der Waals surface area contributed by atoms with E-state index in [1.165, 1.54) is 11.1 Å². The van der Waals surface area contributed by atoms with E-state index in [-0.39, 0.29) is 0 Å². The van der Waals surface area contributed by atoms with Crippen LogP contribution in [0.15, 0.2) is 93.8 Å². The van der Waals surface area contributed by atoms with Gasteiger partial charge in [-0.2, -0.15) is 0 Å². The van der Waals surface area contributed by atoms with E-state index in [9.17, 15) is 0 Å². The minimum absolute atomic E-state index is 0.640. The molecule has 6 rings (SSSR count). The van der Waals surface area contributed by atoms with Crippen molar-refractivity contribution in [3.8, 4) is 22.9 Å². The number of benzene rings is 4. The van der Waals surface area contributed by atoms with Crippen LogP contribution in [0.4, 0.5) is 0 Å². The minimum atomic E-state index is 0.640. The topological polar surface area (TPSA) is 52.1 Å². The molecule has 2 aromatic heterocycles. The van der Waals surface area contributed by atoms with E-state index in [1.807, 2.05) is 60.7 Å². The SMILES string of the molecule is Cc1ccc2oc(-c3ccc(C=Cc4ccc(-c5nc6cc(C)ccc6o5)cc4)cc3)nc2c1. The number of aryl methyl sites for hydroxylation is 2. The zero-order chi connectivity index (χ0) is 23.1. The molecule has 0 saturated heterocycles. The van der Waals surface area contributed by atoms with Crippen molar-refractivity contribution in [1.82, 2.24) is 9.97 Å². The van der Waals surface area contributed by atoms with Crippen LogP contribution in [-0.2, 0) is 0 Å². The second-order valence-electron chi connectivity index (χ2n) is 8.56. The number of hydrogen-bond donors (Lipinski definition) is 0. The summed E-state index contributed by atoms with van der Waals surface area (Å²) < 4.78 is 11.8. The Morgan fingerprint density at radius 2 is 0.941 bits per heavy atom. The van der Waals surface area contributed by atoms with Gasteiger partial charge in [-0.25, -0.2) is 9.97 Å². The number of hydrogen-bond acceptors (Lipinski definition) is 4. The number of oxazole rings is 2. The van der Waals surface area contributed by atoms with Crippen molar-refractivity contribution in [3.63, 3.8) is 0 Å². The summed E-state index contributed by atoms with van der Waals surface area (Å²) in [7, 11) is 0. The quantitative estimate of drug-likeness (QED) is 0.259. The first-order valence-corrected chi connectivity index (χ1v) is 11.2. The summed E-state index contributed by atoms with van der Waals surface area (Å²) >= 11 is 0. The maximum Gasteiger partial charge on any atom is 0.227 e. The summed E-state index contributed by atoms with van der Waals surface area (Å²) in [6.45, 7) is 4.11. The Bertz CT molecular complexity index is 1530. The van der Waals surface area contributed by atoms with E-state index in [2.05, 4.69) is 60.2 Å².